The van der Waals surface area contributed by atoms with Gasteiger partial charge in [-0.25, -0.2) is 4.68 Å². The molecule has 22 heavy (non-hydrogen) atoms. The number of rotatable bonds is 5. The zero-order chi connectivity index (χ0) is 16.3. The first-order valence-electron chi connectivity index (χ1n) is 7.64. The molecule has 0 aliphatic carbocycles. The van der Waals surface area contributed by atoms with E-state index in [0.29, 0.717) is 12.2 Å². The van der Waals surface area contributed by atoms with E-state index < -0.39 is 0 Å². The van der Waals surface area contributed by atoms with Crippen molar-refractivity contribution < 1.29 is 4.79 Å². The smallest absolute Gasteiger partial charge is 0.277 e. The molecule has 0 saturated carbocycles. The normalized spacial score (nSPS) is 10.7. The van der Waals surface area contributed by atoms with Crippen molar-refractivity contribution in [2.45, 2.75) is 47.1 Å². The fourth-order valence-corrected chi connectivity index (χ4v) is 2.40. The summed E-state index contributed by atoms with van der Waals surface area (Å²) in [5.41, 5.74) is 3.76. The van der Waals surface area contributed by atoms with Crippen molar-refractivity contribution in [2.75, 3.05) is 0 Å². The van der Waals surface area contributed by atoms with Gasteiger partial charge in [-0.3, -0.25) is 9.59 Å². The summed E-state index contributed by atoms with van der Waals surface area (Å²) >= 11 is 0. The molecule has 0 amide bonds. The average molecular weight is 298 g/mol. The van der Waals surface area contributed by atoms with Crippen molar-refractivity contribution in [1.82, 2.24) is 9.78 Å². The first-order chi connectivity index (χ1) is 10.4. The van der Waals surface area contributed by atoms with Crippen molar-refractivity contribution in [2.24, 2.45) is 0 Å². The fraction of sp³-hybridized carbons (Fsp3) is 0.389. The highest BCUT2D eigenvalue weighted by Crippen LogP contribution is 2.22. The van der Waals surface area contributed by atoms with Crippen LogP contribution in [0.25, 0.3) is 11.3 Å². The Balaban J connectivity index is 2.65. The van der Waals surface area contributed by atoms with Gasteiger partial charge in [0, 0.05) is 12.1 Å². The van der Waals surface area contributed by atoms with Crippen LogP contribution in [0.15, 0.2) is 29.1 Å². The molecule has 0 unspecified atom stereocenters. The number of nitrogens with zero attached hydrogens (tertiary/aromatic N) is 2. The van der Waals surface area contributed by atoms with Crippen LogP contribution in [0.5, 0.6) is 0 Å². The highest BCUT2D eigenvalue weighted by atomic mass is 16.1. The molecule has 4 nitrogen and oxygen atoms in total. The van der Waals surface area contributed by atoms with Gasteiger partial charge in [-0.05, 0) is 44.9 Å². The number of hydrogen-bond donors (Lipinski definition) is 0. The number of unbranched alkanes of at least 4 members (excludes halogenated alkanes) is 1. The summed E-state index contributed by atoms with van der Waals surface area (Å²) in [6.07, 6.45) is 1.83. The molecule has 1 aromatic heterocycles. The van der Waals surface area contributed by atoms with Gasteiger partial charge in [0.15, 0.2) is 5.78 Å². The van der Waals surface area contributed by atoms with Gasteiger partial charge in [0.2, 0.25) is 0 Å². The van der Waals surface area contributed by atoms with Gasteiger partial charge in [0.05, 0.1) is 11.3 Å². The van der Waals surface area contributed by atoms with Crippen LogP contribution in [-0.2, 0) is 6.54 Å². The highest BCUT2D eigenvalue weighted by Gasteiger charge is 2.14. The minimum atomic E-state index is -0.296. The van der Waals surface area contributed by atoms with E-state index in [9.17, 15) is 9.59 Å². The van der Waals surface area contributed by atoms with E-state index in [0.717, 1.165) is 29.5 Å². The van der Waals surface area contributed by atoms with Crippen LogP contribution in [0.3, 0.4) is 0 Å². The lowest BCUT2D eigenvalue weighted by Crippen LogP contribution is -2.28. The molecule has 2 rings (SSSR count). The second kappa shape index (κ2) is 6.69. The van der Waals surface area contributed by atoms with Crippen molar-refractivity contribution in [3.63, 3.8) is 0 Å². The third-order valence-corrected chi connectivity index (χ3v) is 3.75. The Morgan fingerprint density at radius 1 is 1.23 bits per heavy atom. The molecule has 0 aliphatic heterocycles. The second-order valence-corrected chi connectivity index (χ2v) is 5.70. The fourth-order valence-electron chi connectivity index (χ4n) is 2.40. The molecule has 0 radical (unpaired) electrons. The lowest BCUT2D eigenvalue weighted by molar-refractivity contribution is 0.101. The largest absolute Gasteiger partial charge is 0.294 e. The number of aryl methyl sites for hydroxylation is 3. The molecular weight excluding hydrogens is 276 g/mol. The molecule has 4 heteroatoms. The van der Waals surface area contributed by atoms with E-state index in [1.165, 1.54) is 11.6 Å². The van der Waals surface area contributed by atoms with E-state index >= 15 is 0 Å². The van der Waals surface area contributed by atoms with Crippen LogP contribution >= 0.6 is 0 Å². The van der Waals surface area contributed by atoms with Crippen molar-refractivity contribution >= 4 is 5.78 Å². The first-order valence-corrected chi connectivity index (χ1v) is 7.64. The Morgan fingerprint density at radius 2 is 1.95 bits per heavy atom. The Morgan fingerprint density at radius 3 is 2.59 bits per heavy atom. The molecule has 116 valence electrons. The molecule has 0 fully saturated rings. The second-order valence-electron chi connectivity index (χ2n) is 5.70. The van der Waals surface area contributed by atoms with Crippen LogP contribution < -0.4 is 5.56 Å². The lowest BCUT2D eigenvalue weighted by atomic mass is 10.0. The third-order valence-electron chi connectivity index (χ3n) is 3.75. The van der Waals surface area contributed by atoms with Crippen LogP contribution in [0.2, 0.25) is 0 Å². The molecule has 0 saturated heterocycles. The van der Waals surface area contributed by atoms with Gasteiger partial charge >= 0.3 is 0 Å². The van der Waals surface area contributed by atoms with Gasteiger partial charge in [-0.15, -0.1) is 0 Å². The third kappa shape index (κ3) is 3.32. The van der Waals surface area contributed by atoms with E-state index in [2.05, 4.69) is 12.0 Å². The monoisotopic (exact) mass is 298 g/mol. The van der Waals surface area contributed by atoms with Crippen LogP contribution in [-0.4, -0.2) is 15.6 Å². The van der Waals surface area contributed by atoms with Gasteiger partial charge in [-0.1, -0.05) is 31.0 Å². The predicted molar refractivity (Wildman–Crippen MR) is 88.3 cm³/mol. The summed E-state index contributed by atoms with van der Waals surface area (Å²) < 4.78 is 1.43. The number of carbonyl (C=O) groups is 1. The standard InChI is InChI=1S/C18H22N2O2/c1-5-6-9-20-18(22)16(14(4)21)11-17(19-20)15-10-12(2)7-8-13(15)3/h7-8,10-11H,5-6,9H2,1-4H3. The molecule has 0 atom stereocenters. The Bertz CT molecular complexity index is 760. The topological polar surface area (TPSA) is 52.0 Å². The summed E-state index contributed by atoms with van der Waals surface area (Å²) in [5.74, 6) is -0.218. The van der Waals surface area contributed by atoms with E-state index in [4.69, 9.17) is 0 Å². The van der Waals surface area contributed by atoms with Crippen molar-refractivity contribution in [3.8, 4) is 11.3 Å². The first kappa shape index (κ1) is 16.1. The number of Topliss-reactive ketones (excluding diaryl/α,β-unsaturated/α-hetero) is 1. The zero-order valence-electron chi connectivity index (χ0n) is 13.6. The van der Waals surface area contributed by atoms with Crippen LogP contribution in [0, 0.1) is 13.8 Å². The molecule has 0 spiro atoms. The number of aromatic nitrogens is 2. The van der Waals surface area contributed by atoms with E-state index in [1.54, 1.807) is 6.07 Å². The minimum absolute atomic E-state index is 0.210. The predicted octanol–water partition coefficient (Wildman–Crippen LogP) is 3.53. The van der Waals surface area contributed by atoms with Crippen molar-refractivity contribution in [1.29, 1.82) is 0 Å². The summed E-state index contributed by atoms with van der Waals surface area (Å²) in [4.78, 5) is 24.1. The molecule has 1 heterocycles. The van der Waals surface area contributed by atoms with Crippen molar-refractivity contribution in [3.05, 3.63) is 51.3 Å². The average Bonchev–Trinajstić information content (AvgIpc) is 2.48. The minimum Gasteiger partial charge on any atom is -0.294 e. The molecule has 0 aliphatic rings. The summed E-state index contributed by atoms with van der Waals surface area (Å²) in [6, 6.07) is 7.73. The molecular formula is C18H22N2O2. The maximum absolute atomic E-state index is 12.3. The van der Waals surface area contributed by atoms with E-state index in [-0.39, 0.29) is 16.9 Å². The number of carbonyl (C=O) groups excluding carboxylic acids is 1. The quantitative estimate of drug-likeness (QED) is 0.793. The number of benzene rings is 1. The Labute approximate surface area is 130 Å². The summed E-state index contributed by atoms with van der Waals surface area (Å²) in [5, 5.41) is 4.48. The maximum atomic E-state index is 12.3. The highest BCUT2D eigenvalue weighted by molar-refractivity contribution is 5.94. The van der Waals surface area contributed by atoms with Gasteiger partial charge in [0.25, 0.3) is 5.56 Å². The van der Waals surface area contributed by atoms with Gasteiger partial charge in [0.1, 0.15) is 0 Å². The molecule has 1 aromatic carbocycles. The molecule has 0 bridgehead atoms. The Hall–Kier alpha value is -2.23. The lowest BCUT2D eigenvalue weighted by Gasteiger charge is -2.11. The Kier molecular flexibility index (Phi) is 4.91. The van der Waals surface area contributed by atoms with Crippen LogP contribution in [0.1, 0.15) is 48.2 Å². The summed E-state index contributed by atoms with van der Waals surface area (Å²) in [7, 11) is 0. The maximum Gasteiger partial charge on any atom is 0.277 e. The van der Waals surface area contributed by atoms with Crippen LogP contribution in [0.4, 0.5) is 0 Å². The number of hydrogen-bond acceptors (Lipinski definition) is 3. The van der Waals surface area contributed by atoms with Gasteiger partial charge < -0.3 is 0 Å². The molecule has 0 N–H and O–H groups in total. The SMILES string of the molecule is CCCCn1nc(-c2cc(C)ccc2C)cc(C(C)=O)c1=O. The number of ketones is 1. The van der Waals surface area contributed by atoms with E-state index in [1.807, 2.05) is 32.0 Å². The zero-order valence-corrected chi connectivity index (χ0v) is 13.6. The van der Waals surface area contributed by atoms with Gasteiger partial charge in [-0.2, -0.15) is 5.10 Å². The molecule has 2 aromatic rings. The summed E-state index contributed by atoms with van der Waals surface area (Å²) in [6.45, 7) is 8.04.